The van der Waals surface area contributed by atoms with E-state index in [0.29, 0.717) is 12.8 Å². The van der Waals surface area contributed by atoms with Gasteiger partial charge in [-0.25, -0.2) is 9.13 Å². The predicted octanol–water partition coefficient (Wildman–Crippen LogP) is 15.4. The van der Waals surface area contributed by atoms with Crippen molar-refractivity contribution in [1.29, 1.82) is 0 Å². The number of unbranched alkanes of at least 4 members (excludes halogenated alkanes) is 37. The summed E-state index contributed by atoms with van der Waals surface area (Å²) in [6, 6.07) is 0. The Bertz CT molecular complexity index is 1370. The van der Waals surface area contributed by atoms with Crippen LogP contribution >= 0.6 is 15.6 Å². The van der Waals surface area contributed by atoms with Crippen molar-refractivity contribution in [2.24, 2.45) is 0 Å². The van der Waals surface area contributed by atoms with E-state index < -0.39 is 85.5 Å². The summed E-state index contributed by atoms with van der Waals surface area (Å²) in [5, 5.41) is 30.2. The molecule has 0 rings (SSSR count). The van der Waals surface area contributed by atoms with Gasteiger partial charge in [-0.15, -0.1) is 0 Å². The largest absolute Gasteiger partial charge is 0.472 e. The van der Waals surface area contributed by atoms with Gasteiger partial charge in [0.1, 0.15) is 31.5 Å². The summed E-state index contributed by atoms with van der Waals surface area (Å²) in [5.41, 5.74) is 0. The van der Waals surface area contributed by atoms with Crippen molar-refractivity contribution < 1.29 is 71.4 Å². The Balaban J connectivity index is 3.76. The normalized spacial score (nSPS) is 14.7. The van der Waals surface area contributed by atoms with Gasteiger partial charge in [0.05, 0.1) is 26.4 Å². The minimum atomic E-state index is -4.79. The number of hydrogen-bond donors (Lipinski definition) is 5. The Morgan fingerprint density at radius 1 is 0.338 bits per heavy atom. The fourth-order valence-corrected chi connectivity index (χ4v) is 10.2. The van der Waals surface area contributed by atoms with Crippen molar-refractivity contribution in [3.05, 3.63) is 12.2 Å². The van der Waals surface area contributed by atoms with E-state index in [-0.39, 0.29) is 12.8 Å². The molecule has 5 atom stereocenters. The predicted molar refractivity (Wildman–Crippen MR) is 298 cm³/mol. The van der Waals surface area contributed by atoms with Crippen molar-refractivity contribution in [3.63, 3.8) is 0 Å². The SMILES string of the molecule is CCCCCCCC/C=C/CCCCCCCCCCCCCC(=O)OCC(O)COP(=O)(O)OCC(O)COP(=O)(O)OCC(O)COC(=O)CCCCCCCCCCCCCCCCCCCCCCC. The van der Waals surface area contributed by atoms with Crippen LogP contribution in [-0.4, -0.2) is 95.0 Å². The van der Waals surface area contributed by atoms with Crippen LogP contribution in [0.3, 0.4) is 0 Å². The smallest absolute Gasteiger partial charge is 0.463 e. The lowest BCUT2D eigenvalue weighted by Gasteiger charge is -2.19. The molecule has 0 aromatic carbocycles. The number of hydrogen-bond acceptors (Lipinski definition) is 13. The highest BCUT2D eigenvalue weighted by atomic mass is 31.2. The molecule has 17 heteroatoms. The second kappa shape index (κ2) is 53.8. The molecule has 5 N–H and O–H groups in total. The van der Waals surface area contributed by atoms with Crippen LogP contribution in [0.1, 0.15) is 284 Å². The van der Waals surface area contributed by atoms with Crippen molar-refractivity contribution in [3.8, 4) is 0 Å². The van der Waals surface area contributed by atoms with Gasteiger partial charge in [0.2, 0.25) is 0 Å². The van der Waals surface area contributed by atoms with Gasteiger partial charge in [0.25, 0.3) is 0 Å². The molecule has 0 amide bonds. The van der Waals surface area contributed by atoms with Crippen LogP contribution in [0.15, 0.2) is 12.2 Å². The van der Waals surface area contributed by atoms with E-state index in [1.807, 2.05) is 0 Å². The number of esters is 2. The Morgan fingerprint density at radius 3 is 0.784 bits per heavy atom. The van der Waals surface area contributed by atoms with Crippen LogP contribution in [-0.2, 0) is 46.3 Å². The highest BCUT2D eigenvalue weighted by Gasteiger charge is 2.28. The molecule has 0 heterocycles. The van der Waals surface area contributed by atoms with E-state index in [9.17, 15) is 43.8 Å². The van der Waals surface area contributed by atoms with Crippen LogP contribution in [0.2, 0.25) is 0 Å². The molecule has 0 aliphatic rings. The maximum atomic E-state index is 12.2. The minimum absolute atomic E-state index is 0.199. The number of phosphoric ester groups is 2. The summed E-state index contributed by atoms with van der Waals surface area (Å²) in [7, 11) is -9.57. The summed E-state index contributed by atoms with van der Waals surface area (Å²) >= 11 is 0. The van der Waals surface area contributed by atoms with Gasteiger partial charge in [0.15, 0.2) is 0 Å². The lowest BCUT2D eigenvalue weighted by atomic mass is 10.0. The highest BCUT2D eigenvalue weighted by molar-refractivity contribution is 7.47. The molecule has 0 aromatic heterocycles. The summed E-state index contributed by atoms with van der Waals surface area (Å²) in [6.07, 6.45) is 50.5. The highest BCUT2D eigenvalue weighted by Crippen LogP contribution is 2.45. The number of aliphatic hydroxyl groups excluding tert-OH is 3. The Kier molecular flexibility index (Phi) is 52.9. The first-order valence-corrected chi connectivity index (χ1v) is 33.0. The molecule has 440 valence electrons. The summed E-state index contributed by atoms with van der Waals surface area (Å²) < 4.78 is 53.3. The Labute approximate surface area is 451 Å². The van der Waals surface area contributed by atoms with Crippen LogP contribution in [0.4, 0.5) is 0 Å². The fraction of sp³-hybridized carbons (Fsp3) is 0.930. The Hall–Kier alpha value is -1.22. The molecule has 15 nitrogen and oxygen atoms in total. The third kappa shape index (κ3) is 55.5. The molecule has 0 aliphatic carbocycles. The molecule has 0 aliphatic heterocycles. The van der Waals surface area contributed by atoms with Crippen molar-refractivity contribution >= 4 is 27.6 Å². The van der Waals surface area contributed by atoms with E-state index >= 15 is 0 Å². The number of carbonyl (C=O) groups excluding carboxylic acids is 2. The average Bonchev–Trinajstić information content (AvgIpc) is 3.38. The maximum absolute atomic E-state index is 12.2. The first-order valence-electron chi connectivity index (χ1n) is 30.0. The van der Waals surface area contributed by atoms with Gasteiger partial charge in [-0.3, -0.25) is 27.7 Å². The second-order valence-electron chi connectivity index (χ2n) is 20.7. The van der Waals surface area contributed by atoms with Gasteiger partial charge in [0, 0.05) is 12.8 Å². The molecule has 0 saturated heterocycles. The lowest BCUT2D eigenvalue weighted by Crippen LogP contribution is -2.25. The standard InChI is InChI=1S/C57H112O15P2/c1-3-5-7-9-11-13-15-17-19-21-23-25-27-29-31-33-35-37-39-41-43-45-56(61)67-47-53(58)49-69-73(63,64)71-51-55(60)52-72-74(65,66)70-50-54(59)48-68-57(62)46-44-42-40-38-36-34-32-30-28-26-24-22-20-18-16-14-12-10-8-6-4-2/h17,19,53-55,58-60H,3-16,18,20-52H2,1-2H3,(H,63,64)(H,65,66)/b19-17+. The number of rotatable bonds is 59. The lowest BCUT2D eigenvalue weighted by molar-refractivity contribution is -0.148. The molecular weight excluding hydrogens is 987 g/mol. The third-order valence-corrected chi connectivity index (χ3v) is 15.1. The second-order valence-corrected chi connectivity index (χ2v) is 23.6. The topological polar surface area (TPSA) is 225 Å². The van der Waals surface area contributed by atoms with Gasteiger partial charge in [-0.2, -0.15) is 0 Å². The van der Waals surface area contributed by atoms with Crippen molar-refractivity contribution in [1.82, 2.24) is 0 Å². The van der Waals surface area contributed by atoms with E-state index in [4.69, 9.17) is 18.5 Å². The maximum Gasteiger partial charge on any atom is 0.472 e. The molecule has 0 aromatic rings. The zero-order valence-corrected chi connectivity index (χ0v) is 48.8. The van der Waals surface area contributed by atoms with Crippen LogP contribution in [0, 0.1) is 0 Å². The van der Waals surface area contributed by atoms with Gasteiger partial charge in [-0.1, -0.05) is 244 Å². The number of carbonyl (C=O) groups is 2. The Morgan fingerprint density at radius 2 is 0.541 bits per heavy atom. The zero-order chi connectivity index (χ0) is 54.5. The van der Waals surface area contributed by atoms with E-state index in [0.717, 1.165) is 38.5 Å². The summed E-state index contributed by atoms with van der Waals surface area (Å²) in [6.45, 7) is 0.505. The summed E-state index contributed by atoms with van der Waals surface area (Å²) in [4.78, 5) is 44.0. The van der Waals surface area contributed by atoms with Gasteiger partial charge >= 0.3 is 27.6 Å². The first kappa shape index (κ1) is 72.8. The van der Waals surface area contributed by atoms with Crippen molar-refractivity contribution in [2.75, 3.05) is 39.6 Å². The quantitative estimate of drug-likeness (QED) is 0.0165. The monoisotopic (exact) mass is 1100 g/mol. The van der Waals surface area contributed by atoms with Crippen molar-refractivity contribution in [2.45, 2.75) is 302 Å². The number of ether oxygens (including phenoxy) is 2. The fourth-order valence-electron chi connectivity index (χ4n) is 8.56. The minimum Gasteiger partial charge on any atom is -0.463 e. The molecule has 5 unspecified atom stereocenters. The molecule has 0 radical (unpaired) electrons. The number of phosphoric acid groups is 2. The molecule has 0 bridgehead atoms. The molecule has 74 heavy (non-hydrogen) atoms. The average molecular weight is 1100 g/mol. The van der Waals surface area contributed by atoms with E-state index in [1.54, 1.807) is 0 Å². The summed E-state index contributed by atoms with van der Waals surface area (Å²) in [5.74, 6) is -0.981. The van der Waals surface area contributed by atoms with Crippen LogP contribution in [0.5, 0.6) is 0 Å². The van der Waals surface area contributed by atoms with Crippen LogP contribution in [0.25, 0.3) is 0 Å². The van der Waals surface area contributed by atoms with E-state index in [2.05, 4.69) is 35.0 Å². The third-order valence-electron chi connectivity index (χ3n) is 13.2. The number of allylic oxidation sites excluding steroid dienone is 2. The molecular formula is C57H112O15P2. The van der Waals surface area contributed by atoms with Gasteiger partial charge < -0.3 is 34.6 Å². The van der Waals surface area contributed by atoms with Gasteiger partial charge in [-0.05, 0) is 38.5 Å². The molecule has 0 saturated carbocycles. The van der Waals surface area contributed by atoms with Crippen LogP contribution < -0.4 is 0 Å². The first-order chi connectivity index (χ1) is 35.8. The number of aliphatic hydroxyl groups is 3. The zero-order valence-electron chi connectivity index (χ0n) is 47.0. The van der Waals surface area contributed by atoms with E-state index in [1.165, 1.54) is 205 Å². The molecule has 0 spiro atoms. The molecule has 0 fully saturated rings.